The maximum atomic E-state index is 14.9. The SMILES string of the molecule is C[C@]12CC[C@H]3[C@]4(C=C[C@@]5(C=C4C(=O)c4cc6ccccc6s4)CC(O)CC[C@]35C)[C@@H]1CC[C@@]2(O)CN(Cc1ccccc1)S(C)(=O)=O. The summed E-state index contributed by atoms with van der Waals surface area (Å²) in [6.07, 6.45) is 12.7. The van der Waals surface area contributed by atoms with Crippen molar-refractivity contribution in [1.82, 2.24) is 4.31 Å². The number of benzene rings is 2. The molecule has 3 aromatic rings. The van der Waals surface area contributed by atoms with E-state index in [1.807, 2.05) is 48.5 Å². The normalized spacial score (nSPS) is 39.0. The predicted molar refractivity (Wildman–Crippen MR) is 186 cm³/mol. The monoisotopic (exact) mass is 671 g/mol. The number of nitrogens with zero attached hydrogens (tertiary/aromatic N) is 1. The molecule has 1 unspecified atom stereocenters. The summed E-state index contributed by atoms with van der Waals surface area (Å²) in [6, 6.07) is 19.7. The van der Waals surface area contributed by atoms with Gasteiger partial charge in [0.25, 0.3) is 0 Å². The van der Waals surface area contributed by atoms with Crippen molar-refractivity contribution in [2.24, 2.45) is 33.5 Å². The molecule has 6 nitrogen and oxygen atoms in total. The van der Waals surface area contributed by atoms with Crippen LogP contribution in [0.15, 0.2) is 84.5 Å². The van der Waals surface area contributed by atoms with E-state index in [9.17, 15) is 23.4 Å². The molecular formula is C39H45NO5S2. The van der Waals surface area contributed by atoms with Crippen LogP contribution in [0.2, 0.25) is 0 Å². The Balaban J connectivity index is 1.24. The van der Waals surface area contributed by atoms with E-state index in [0.717, 1.165) is 51.8 Å². The minimum absolute atomic E-state index is 0.0227. The van der Waals surface area contributed by atoms with Crippen LogP contribution >= 0.6 is 11.3 Å². The highest BCUT2D eigenvalue weighted by Gasteiger charge is 2.74. The van der Waals surface area contributed by atoms with E-state index in [1.54, 1.807) is 0 Å². The van der Waals surface area contributed by atoms with E-state index in [-0.39, 0.29) is 36.1 Å². The molecule has 8 heteroatoms. The molecule has 9 rings (SSSR count). The number of aliphatic hydroxyl groups is 2. The van der Waals surface area contributed by atoms with E-state index < -0.39 is 38.0 Å². The number of hydrogen-bond donors (Lipinski definition) is 2. The highest BCUT2D eigenvalue weighted by molar-refractivity contribution is 7.88. The number of carbonyl (C=O) groups is 1. The van der Waals surface area contributed by atoms with Crippen molar-refractivity contribution in [3.8, 4) is 0 Å². The number of hydrogen-bond acceptors (Lipinski definition) is 6. The van der Waals surface area contributed by atoms with Crippen LogP contribution in [-0.2, 0) is 16.6 Å². The number of allylic oxidation sites excluding steroid dienone is 4. The van der Waals surface area contributed by atoms with E-state index in [4.69, 9.17) is 0 Å². The molecule has 6 aliphatic rings. The minimum Gasteiger partial charge on any atom is -0.393 e. The Bertz CT molecular complexity index is 1900. The first-order valence-electron chi connectivity index (χ1n) is 17.1. The third-order valence-corrected chi connectivity index (χ3v) is 16.0. The van der Waals surface area contributed by atoms with Crippen molar-refractivity contribution in [1.29, 1.82) is 0 Å². The van der Waals surface area contributed by atoms with Crippen LogP contribution in [0.5, 0.6) is 0 Å². The van der Waals surface area contributed by atoms with Crippen molar-refractivity contribution >= 4 is 37.2 Å². The average Bonchev–Trinajstić information content (AvgIpc) is 3.59. The summed E-state index contributed by atoms with van der Waals surface area (Å²) in [5, 5.41) is 24.8. The summed E-state index contributed by atoms with van der Waals surface area (Å²) in [5.74, 6) is 0.199. The molecule has 3 fully saturated rings. The second-order valence-electron chi connectivity index (χ2n) is 15.8. The molecule has 2 aromatic carbocycles. The molecule has 1 aromatic heterocycles. The summed E-state index contributed by atoms with van der Waals surface area (Å²) in [7, 11) is -3.62. The van der Waals surface area contributed by atoms with E-state index in [1.165, 1.54) is 21.9 Å². The zero-order valence-electron chi connectivity index (χ0n) is 27.5. The lowest BCUT2D eigenvalue weighted by Gasteiger charge is -2.71. The zero-order valence-corrected chi connectivity index (χ0v) is 29.1. The smallest absolute Gasteiger partial charge is 0.211 e. The Morgan fingerprint density at radius 1 is 0.936 bits per heavy atom. The molecule has 0 aliphatic heterocycles. The van der Waals surface area contributed by atoms with Crippen molar-refractivity contribution in [2.45, 2.75) is 77.0 Å². The molecule has 2 bridgehead atoms. The van der Waals surface area contributed by atoms with Gasteiger partial charge in [-0.05, 0) is 85.3 Å². The summed E-state index contributed by atoms with van der Waals surface area (Å²) in [5.41, 5.74) is -1.27. The van der Waals surface area contributed by atoms with Gasteiger partial charge < -0.3 is 10.2 Å². The van der Waals surface area contributed by atoms with Crippen LogP contribution in [0.3, 0.4) is 0 Å². The van der Waals surface area contributed by atoms with Gasteiger partial charge in [-0.15, -0.1) is 11.3 Å². The van der Waals surface area contributed by atoms with E-state index in [0.29, 0.717) is 19.3 Å². The highest BCUT2D eigenvalue weighted by Crippen LogP contribution is 2.78. The van der Waals surface area contributed by atoms with Gasteiger partial charge in [-0.2, -0.15) is 4.31 Å². The van der Waals surface area contributed by atoms with Crippen molar-refractivity contribution in [3.05, 3.63) is 94.9 Å². The fourth-order valence-corrected chi connectivity index (χ4v) is 13.0. The van der Waals surface area contributed by atoms with Crippen LogP contribution in [0.4, 0.5) is 0 Å². The third-order valence-electron chi connectivity index (χ3n) is 13.7. The lowest BCUT2D eigenvalue weighted by molar-refractivity contribution is -0.173. The first kappa shape index (κ1) is 31.6. The second kappa shape index (κ2) is 10.4. The Hall–Kier alpha value is -2.62. The number of rotatable bonds is 7. The molecule has 47 heavy (non-hydrogen) atoms. The lowest BCUT2D eigenvalue weighted by Crippen LogP contribution is -2.67. The van der Waals surface area contributed by atoms with Gasteiger partial charge in [0.05, 0.1) is 22.8 Å². The van der Waals surface area contributed by atoms with Crippen LogP contribution in [0.25, 0.3) is 10.1 Å². The first-order chi connectivity index (χ1) is 22.2. The van der Waals surface area contributed by atoms with Crippen molar-refractivity contribution in [3.63, 3.8) is 0 Å². The van der Waals surface area contributed by atoms with Gasteiger partial charge in [0.2, 0.25) is 10.0 Å². The maximum Gasteiger partial charge on any atom is 0.211 e. The number of sulfonamides is 1. The van der Waals surface area contributed by atoms with Gasteiger partial charge in [0, 0.05) is 39.6 Å². The molecule has 0 radical (unpaired) electrons. The summed E-state index contributed by atoms with van der Waals surface area (Å²) >= 11 is 1.54. The number of carbonyl (C=O) groups excluding carboxylic acids is 1. The first-order valence-corrected chi connectivity index (χ1v) is 19.8. The number of thiophene rings is 1. The molecule has 0 amide bonds. The lowest BCUT2D eigenvalue weighted by atomic mass is 9.32. The van der Waals surface area contributed by atoms with Gasteiger partial charge in [-0.1, -0.05) is 80.6 Å². The third kappa shape index (κ3) is 4.37. The minimum atomic E-state index is -3.62. The molecule has 3 saturated carbocycles. The molecule has 248 valence electrons. The summed E-state index contributed by atoms with van der Waals surface area (Å²) < 4.78 is 29.0. The van der Waals surface area contributed by atoms with Gasteiger partial charge in [-0.3, -0.25) is 4.79 Å². The molecule has 6 aliphatic carbocycles. The standard InChI is InChI=1S/C39H45NO5S2/c1-35-16-13-28(41)22-37(35)19-20-39(29(23-37)34(42)31-21-27-11-7-8-12-30(27)46-31)32(35)14-17-36(2)33(39)15-18-38(36,43)25-40(47(3,44)45)24-26-9-5-4-6-10-26/h4-12,19-21,23,28,32-33,41,43H,13-18,22,24-25H2,1-3H3/t28?,32-,33-,35-,36+,37+,38-,39-/m1/s1. The van der Waals surface area contributed by atoms with Crippen molar-refractivity contribution < 1.29 is 23.4 Å². The predicted octanol–water partition coefficient (Wildman–Crippen LogP) is 7.14. The fraction of sp³-hybridized carbons (Fsp3) is 0.513. The van der Waals surface area contributed by atoms with E-state index in [2.05, 4.69) is 44.2 Å². The van der Waals surface area contributed by atoms with Gasteiger partial charge >= 0.3 is 0 Å². The number of fused-ring (bicyclic) bond motifs is 2. The Morgan fingerprint density at radius 2 is 1.62 bits per heavy atom. The molecular weight excluding hydrogens is 627 g/mol. The average molecular weight is 672 g/mol. The van der Waals surface area contributed by atoms with Crippen LogP contribution in [-0.4, -0.2) is 53.2 Å². The largest absolute Gasteiger partial charge is 0.393 e. The van der Waals surface area contributed by atoms with Crippen LogP contribution < -0.4 is 0 Å². The quantitative estimate of drug-likeness (QED) is 0.206. The molecule has 2 N–H and O–H groups in total. The molecule has 2 spiro atoms. The zero-order chi connectivity index (χ0) is 33.0. The summed E-state index contributed by atoms with van der Waals surface area (Å²) in [6.45, 7) is 4.77. The van der Waals surface area contributed by atoms with Crippen LogP contribution in [0, 0.1) is 33.5 Å². The Kier molecular flexibility index (Phi) is 7.03. The maximum absolute atomic E-state index is 14.9. The van der Waals surface area contributed by atoms with Gasteiger partial charge in [0.15, 0.2) is 5.78 Å². The second-order valence-corrected chi connectivity index (χ2v) is 18.9. The highest BCUT2D eigenvalue weighted by atomic mass is 32.2. The van der Waals surface area contributed by atoms with E-state index >= 15 is 0 Å². The van der Waals surface area contributed by atoms with Gasteiger partial charge in [0.1, 0.15) is 0 Å². The number of ketones is 1. The molecule has 1 heterocycles. The summed E-state index contributed by atoms with van der Waals surface area (Å²) in [4.78, 5) is 15.7. The van der Waals surface area contributed by atoms with Gasteiger partial charge in [-0.25, -0.2) is 8.42 Å². The number of Topliss-reactive ketones (excluding diaryl/α,β-unsaturated/α-hetero) is 1. The Morgan fingerprint density at radius 3 is 2.36 bits per heavy atom. The topological polar surface area (TPSA) is 94.9 Å². The fourth-order valence-electron chi connectivity index (χ4n) is 11.2. The van der Waals surface area contributed by atoms with Crippen LogP contribution in [0.1, 0.15) is 74.0 Å². The molecule has 8 atom stereocenters. The van der Waals surface area contributed by atoms with Crippen molar-refractivity contribution in [2.75, 3.05) is 12.8 Å². The number of aliphatic hydroxyl groups excluding tert-OH is 1. The Labute approximate surface area is 282 Å². The molecule has 0 saturated heterocycles.